The zero-order valence-corrected chi connectivity index (χ0v) is 24.3. The minimum Gasteiger partial charge on any atom is -0.448 e. The lowest BCUT2D eigenvalue weighted by atomic mass is 10.2. The van der Waals surface area contributed by atoms with Gasteiger partial charge in [-0.2, -0.15) is 0 Å². The van der Waals surface area contributed by atoms with Crippen LogP contribution in [-0.4, -0.2) is 30.1 Å². The molecule has 0 fully saturated rings. The van der Waals surface area contributed by atoms with Crippen molar-refractivity contribution in [2.24, 2.45) is 0 Å². The number of aliphatic hydroxyl groups is 2. The molecule has 0 aliphatic carbocycles. The highest BCUT2D eigenvalue weighted by Crippen LogP contribution is 2.41. The lowest BCUT2D eigenvalue weighted by Crippen LogP contribution is -2.11. The molecular formula is C28H34N4O6S2. The van der Waals surface area contributed by atoms with Gasteiger partial charge in [0.25, 0.3) is 0 Å². The van der Waals surface area contributed by atoms with Crippen LogP contribution in [0.4, 0.5) is 0 Å². The molecule has 4 aromatic rings. The van der Waals surface area contributed by atoms with Crippen LogP contribution < -0.4 is 10.9 Å². The van der Waals surface area contributed by atoms with E-state index in [2.05, 4.69) is 33.8 Å². The van der Waals surface area contributed by atoms with Gasteiger partial charge in [0.05, 0.1) is 34.4 Å². The second-order valence-electron chi connectivity index (χ2n) is 9.38. The van der Waals surface area contributed by atoms with Gasteiger partial charge in [-0.15, -0.1) is 0 Å². The summed E-state index contributed by atoms with van der Waals surface area (Å²) in [5.41, 5.74) is 1.74. The Kier molecular flexibility index (Phi) is 10.9. The molecule has 40 heavy (non-hydrogen) atoms. The number of nitrogens with zero attached hydrogens (tertiary/aromatic N) is 2. The van der Waals surface area contributed by atoms with Crippen molar-refractivity contribution in [3.8, 4) is 22.8 Å². The predicted molar refractivity (Wildman–Crippen MR) is 155 cm³/mol. The number of oxazole rings is 2. The molecule has 0 unspecified atom stereocenters. The summed E-state index contributed by atoms with van der Waals surface area (Å²) in [5, 5.41) is 19.4. The Bertz CT molecular complexity index is 1410. The van der Waals surface area contributed by atoms with Crippen LogP contribution in [0.2, 0.25) is 0 Å². The molecule has 0 radical (unpaired) electrons. The quantitative estimate of drug-likeness (QED) is 0.102. The monoisotopic (exact) mass is 586 g/mol. The minimum absolute atomic E-state index is 0.313. The third-order valence-corrected chi connectivity index (χ3v) is 8.71. The average molecular weight is 587 g/mol. The van der Waals surface area contributed by atoms with Crippen molar-refractivity contribution in [1.82, 2.24) is 19.9 Å². The van der Waals surface area contributed by atoms with Gasteiger partial charge in [0.15, 0.2) is 22.6 Å². The third kappa shape index (κ3) is 7.36. The summed E-state index contributed by atoms with van der Waals surface area (Å²) in [6.45, 7) is 3.55. The first-order valence-corrected chi connectivity index (χ1v) is 15.6. The fourth-order valence-electron chi connectivity index (χ4n) is 4.11. The summed E-state index contributed by atoms with van der Waals surface area (Å²) in [6, 6.07) is 2.66. The van der Waals surface area contributed by atoms with Crippen molar-refractivity contribution >= 4 is 21.6 Å². The number of aryl methyl sites for hydroxylation is 2. The number of pyridine rings is 2. The number of aliphatic hydroxyl groups excluding tert-OH is 2. The molecule has 4 aromatic heterocycles. The van der Waals surface area contributed by atoms with E-state index in [1.807, 2.05) is 0 Å². The van der Waals surface area contributed by atoms with E-state index in [0.717, 1.165) is 60.1 Å². The predicted octanol–water partition coefficient (Wildman–Crippen LogP) is 5.62. The highest BCUT2D eigenvalue weighted by molar-refractivity contribution is 8.76. The molecule has 4 rings (SSSR count). The number of hydrogen-bond donors (Lipinski definition) is 4. The number of hydrogen-bond acceptors (Lipinski definition) is 10. The minimum atomic E-state index is -0.347. The summed E-state index contributed by atoms with van der Waals surface area (Å²) >= 11 is 0. The van der Waals surface area contributed by atoms with E-state index >= 15 is 0 Å². The van der Waals surface area contributed by atoms with E-state index < -0.39 is 0 Å². The van der Waals surface area contributed by atoms with Crippen LogP contribution in [-0.2, 0) is 26.1 Å². The molecule has 4 heterocycles. The van der Waals surface area contributed by atoms with Crippen LogP contribution in [0.1, 0.15) is 75.5 Å². The Morgan fingerprint density at radius 2 is 1.15 bits per heavy atom. The van der Waals surface area contributed by atoms with Crippen LogP contribution in [0.15, 0.2) is 52.9 Å². The molecule has 0 bridgehead atoms. The number of unbranched alkanes of at least 4 members (excludes halogenated alkanes) is 4. The zero-order chi connectivity index (χ0) is 28.5. The first-order valence-electron chi connectivity index (χ1n) is 13.5. The summed E-state index contributed by atoms with van der Waals surface area (Å²) in [5.74, 6) is 1.14. The molecule has 0 aromatic carbocycles. The topological polar surface area (TPSA) is 158 Å². The Hall–Kier alpha value is -3.06. The number of H-pyrrole nitrogens is 2. The van der Waals surface area contributed by atoms with Crippen LogP contribution in [0, 0.1) is 0 Å². The fraction of sp³-hybridized carbons (Fsp3) is 0.429. The lowest BCUT2D eigenvalue weighted by molar-refractivity contribution is 0.276. The molecule has 0 atom stereocenters. The van der Waals surface area contributed by atoms with Crippen molar-refractivity contribution in [3.05, 3.63) is 68.3 Å². The van der Waals surface area contributed by atoms with E-state index in [0.29, 0.717) is 68.6 Å². The smallest absolute Gasteiger partial charge is 0.197 e. The molecule has 0 spiro atoms. The van der Waals surface area contributed by atoms with E-state index in [4.69, 9.17) is 8.83 Å². The van der Waals surface area contributed by atoms with Gasteiger partial charge >= 0.3 is 0 Å². The van der Waals surface area contributed by atoms with Gasteiger partial charge in [0.2, 0.25) is 0 Å². The number of nitrogens with one attached hydrogen (secondary N) is 2. The molecule has 0 amide bonds. The Morgan fingerprint density at radius 3 is 1.52 bits per heavy atom. The van der Waals surface area contributed by atoms with Gasteiger partial charge in [0.1, 0.15) is 23.9 Å². The van der Waals surface area contributed by atoms with E-state index in [9.17, 15) is 19.8 Å². The third-order valence-electron chi connectivity index (χ3n) is 6.24. The summed E-state index contributed by atoms with van der Waals surface area (Å²) < 4.78 is 11.3. The summed E-state index contributed by atoms with van der Waals surface area (Å²) in [4.78, 5) is 42.2. The highest BCUT2D eigenvalue weighted by atomic mass is 33.1. The number of aromatic nitrogens is 4. The molecule has 0 saturated heterocycles. The Labute approximate surface area is 239 Å². The Balaban J connectivity index is 1.66. The van der Waals surface area contributed by atoms with E-state index in [1.165, 1.54) is 24.7 Å². The second-order valence-corrected chi connectivity index (χ2v) is 11.5. The first-order chi connectivity index (χ1) is 19.5. The van der Waals surface area contributed by atoms with Gasteiger partial charge in [-0.1, -0.05) is 39.5 Å². The highest BCUT2D eigenvalue weighted by Gasteiger charge is 2.21. The molecule has 0 aliphatic heterocycles. The molecule has 4 N–H and O–H groups in total. The molecule has 0 aliphatic rings. The summed E-state index contributed by atoms with van der Waals surface area (Å²) in [6.07, 6.45) is 10.5. The zero-order valence-electron chi connectivity index (χ0n) is 22.6. The summed E-state index contributed by atoms with van der Waals surface area (Å²) in [7, 11) is 2.20. The van der Waals surface area contributed by atoms with Crippen LogP contribution in [0.25, 0.3) is 22.8 Å². The first kappa shape index (κ1) is 29.9. The number of rotatable bonds is 15. The second kappa shape index (κ2) is 14.5. The van der Waals surface area contributed by atoms with Crippen LogP contribution in [0.3, 0.4) is 0 Å². The molecule has 10 nitrogen and oxygen atoms in total. The van der Waals surface area contributed by atoms with E-state index in [1.54, 1.807) is 0 Å². The largest absolute Gasteiger partial charge is 0.448 e. The van der Waals surface area contributed by atoms with Crippen molar-refractivity contribution in [2.75, 3.05) is 0 Å². The Morgan fingerprint density at radius 1 is 0.725 bits per heavy atom. The maximum atomic E-state index is 13.1. The van der Waals surface area contributed by atoms with Crippen LogP contribution >= 0.6 is 21.6 Å². The molecular weight excluding hydrogens is 552 g/mol. The number of aromatic amines is 2. The molecule has 12 heteroatoms. The van der Waals surface area contributed by atoms with Crippen molar-refractivity contribution in [3.63, 3.8) is 0 Å². The average Bonchev–Trinajstić information content (AvgIpc) is 3.62. The maximum absolute atomic E-state index is 13.1. The maximum Gasteiger partial charge on any atom is 0.197 e. The van der Waals surface area contributed by atoms with Gasteiger partial charge in [-0.05, 0) is 34.4 Å². The molecule has 0 saturated carbocycles. The molecule has 214 valence electrons. The van der Waals surface area contributed by atoms with Gasteiger partial charge < -0.3 is 29.0 Å². The normalized spacial score (nSPS) is 11.4. The van der Waals surface area contributed by atoms with Gasteiger partial charge in [0, 0.05) is 36.4 Å². The van der Waals surface area contributed by atoms with E-state index in [-0.39, 0.29) is 24.1 Å². The van der Waals surface area contributed by atoms with Crippen molar-refractivity contribution in [1.29, 1.82) is 0 Å². The van der Waals surface area contributed by atoms with Gasteiger partial charge in [-0.3, -0.25) is 9.59 Å². The lowest BCUT2D eigenvalue weighted by Gasteiger charge is -2.10. The SMILES string of the molecule is CCCCCc1nc(-c2[nH]c(CO)cc(=O)c2SSc2c(-c3coc(CCCCC)n3)[nH]c(CO)cc2=O)co1. The van der Waals surface area contributed by atoms with Gasteiger partial charge in [-0.25, -0.2) is 9.97 Å². The van der Waals surface area contributed by atoms with Crippen molar-refractivity contribution in [2.45, 2.75) is 88.2 Å². The van der Waals surface area contributed by atoms with Crippen molar-refractivity contribution < 1.29 is 19.0 Å². The fourth-order valence-corrected chi connectivity index (χ4v) is 6.53. The van der Waals surface area contributed by atoms with Crippen LogP contribution in [0.5, 0.6) is 0 Å². The standard InChI is InChI=1S/C28H34N4O6S2/c1-3-5-7-9-23-31-19(15-37-23)25-27(21(35)11-17(13-33)29-25)39-40-28-22(36)12-18(14-34)30-26(28)20-16-38-24(32-20)10-8-6-4-2/h11-12,15-16,33-34H,3-10,13-14H2,1-2H3,(H,29,35)(H,30,36).